The molecule has 1 saturated carbocycles. The first kappa shape index (κ1) is 16.4. The van der Waals surface area contributed by atoms with Crippen LogP contribution in [0.2, 0.25) is 0 Å². The standard InChI is InChI=1S/C21H22N4O/c1-16-6-5-7-17(14-16)15-24(18-10-11-18)21(26)22-20-12-13-25(23-20)19-8-3-2-4-9-19/h2-9,12-14,18H,10-11,15H2,1H3,(H,22,23,26). The smallest absolute Gasteiger partial charge is 0.317 e. The number of amides is 2. The van der Waals surface area contributed by atoms with E-state index in [1.165, 1.54) is 5.56 Å². The highest BCUT2D eigenvalue weighted by atomic mass is 16.2. The molecule has 0 saturated heterocycles. The Morgan fingerprint density at radius 2 is 1.96 bits per heavy atom. The van der Waals surface area contributed by atoms with Crippen molar-refractivity contribution in [2.24, 2.45) is 0 Å². The molecule has 26 heavy (non-hydrogen) atoms. The van der Waals surface area contributed by atoms with Gasteiger partial charge in [0.15, 0.2) is 5.82 Å². The number of hydrogen-bond donors (Lipinski definition) is 1. The molecule has 0 bridgehead atoms. The molecule has 2 amide bonds. The van der Waals surface area contributed by atoms with Crippen molar-refractivity contribution in [2.45, 2.75) is 32.4 Å². The van der Waals surface area contributed by atoms with Crippen molar-refractivity contribution in [1.82, 2.24) is 14.7 Å². The maximum atomic E-state index is 12.8. The van der Waals surface area contributed by atoms with E-state index in [-0.39, 0.29) is 6.03 Å². The maximum Gasteiger partial charge on any atom is 0.323 e. The van der Waals surface area contributed by atoms with Gasteiger partial charge in [0.2, 0.25) is 0 Å². The van der Waals surface area contributed by atoms with Gasteiger partial charge in [-0.25, -0.2) is 9.48 Å². The lowest BCUT2D eigenvalue weighted by atomic mass is 10.1. The van der Waals surface area contributed by atoms with Crippen LogP contribution >= 0.6 is 0 Å². The highest BCUT2D eigenvalue weighted by Gasteiger charge is 2.32. The molecule has 5 heteroatoms. The van der Waals surface area contributed by atoms with Crippen LogP contribution in [0.25, 0.3) is 5.69 Å². The van der Waals surface area contributed by atoms with Gasteiger partial charge in [-0.3, -0.25) is 5.32 Å². The number of aromatic nitrogens is 2. The van der Waals surface area contributed by atoms with Gasteiger partial charge in [0, 0.05) is 24.8 Å². The molecule has 1 heterocycles. The molecule has 4 rings (SSSR count). The summed E-state index contributed by atoms with van der Waals surface area (Å²) in [6.45, 7) is 2.69. The van der Waals surface area contributed by atoms with Gasteiger partial charge in [0.05, 0.1) is 5.69 Å². The average molecular weight is 346 g/mol. The second-order valence-electron chi connectivity index (χ2n) is 6.76. The van der Waals surface area contributed by atoms with Gasteiger partial charge in [0.25, 0.3) is 0 Å². The van der Waals surface area contributed by atoms with Crippen LogP contribution in [0.15, 0.2) is 66.9 Å². The quantitative estimate of drug-likeness (QED) is 0.745. The normalized spacial score (nSPS) is 13.4. The number of urea groups is 1. The van der Waals surface area contributed by atoms with Gasteiger partial charge in [-0.05, 0) is 37.5 Å². The van der Waals surface area contributed by atoms with Crippen molar-refractivity contribution in [3.8, 4) is 5.69 Å². The Balaban J connectivity index is 1.46. The predicted molar refractivity (Wildman–Crippen MR) is 102 cm³/mol. The Kier molecular flexibility index (Phi) is 4.44. The van der Waals surface area contributed by atoms with E-state index in [1.807, 2.05) is 53.6 Å². The fourth-order valence-corrected chi connectivity index (χ4v) is 3.06. The molecule has 0 aliphatic heterocycles. The van der Waals surface area contributed by atoms with Crippen molar-refractivity contribution in [3.05, 3.63) is 78.0 Å². The van der Waals surface area contributed by atoms with Crippen molar-refractivity contribution >= 4 is 11.8 Å². The third-order valence-corrected chi connectivity index (χ3v) is 4.53. The molecule has 1 aromatic heterocycles. The van der Waals surface area contributed by atoms with E-state index in [9.17, 15) is 4.79 Å². The second kappa shape index (κ2) is 7.04. The zero-order valence-electron chi connectivity index (χ0n) is 14.8. The minimum absolute atomic E-state index is 0.0904. The van der Waals surface area contributed by atoms with Crippen LogP contribution in [0.5, 0.6) is 0 Å². The van der Waals surface area contributed by atoms with Gasteiger partial charge in [0.1, 0.15) is 0 Å². The lowest BCUT2D eigenvalue weighted by Gasteiger charge is -2.22. The summed E-state index contributed by atoms with van der Waals surface area (Å²) >= 11 is 0. The molecule has 1 aliphatic carbocycles. The first-order chi connectivity index (χ1) is 12.7. The molecule has 5 nitrogen and oxygen atoms in total. The highest BCUT2D eigenvalue weighted by Crippen LogP contribution is 2.29. The number of benzene rings is 2. The minimum atomic E-state index is -0.0904. The summed E-state index contributed by atoms with van der Waals surface area (Å²) in [5.41, 5.74) is 3.33. The molecule has 0 atom stereocenters. The molecule has 3 aromatic rings. The van der Waals surface area contributed by atoms with Crippen LogP contribution in [-0.2, 0) is 6.54 Å². The Bertz CT molecular complexity index is 899. The molecular formula is C21H22N4O. The van der Waals surface area contributed by atoms with Crippen LogP contribution in [0.4, 0.5) is 10.6 Å². The molecular weight excluding hydrogens is 324 g/mol. The number of nitrogens with one attached hydrogen (secondary N) is 1. The maximum absolute atomic E-state index is 12.8. The largest absolute Gasteiger partial charge is 0.323 e. The monoisotopic (exact) mass is 346 g/mol. The number of anilines is 1. The number of carbonyl (C=O) groups excluding carboxylic acids is 1. The van der Waals surface area contributed by atoms with Gasteiger partial charge in [-0.2, -0.15) is 0 Å². The summed E-state index contributed by atoms with van der Waals surface area (Å²) in [5, 5.41) is 7.41. The van der Waals surface area contributed by atoms with E-state index < -0.39 is 0 Å². The van der Waals surface area contributed by atoms with Crippen molar-refractivity contribution in [1.29, 1.82) is 0 Å². The van der Waals surface area contributed by atoms with Gasteiger partial charge in [-0.15, -0.1) is 5.10 Å². The van der Waals surface area contributed by atoms with Crippen molar-refractivity contribution < 1.29 is 4.79 Å². The zero-order valence-corrected chi connectivity index (χ0v) is 14.8. The van der Waals surface area contributed by atoms with Crippen molar-refractivity contribution in [3.63, 3.8) is 0 Å². The van der Waals surface area contributed by atoms with Crippen LogP contribution in [0.3, 0.4) is 0 Å². The molecule has 0 spiro atoms. The van der Waals surface area contributed by atoms with Crippen LogP contribution in [0.1, 0.15) is 24.0 Å². The summed E-state index contributed by atoms with van der Waals surface area (Å²) in [6.07, 6.45) is 3.99. The second-order valence-corrected chi connectivity index (χ2v) is 6.76. The zero-order chi connectivity index (χ0) is 17.9. The third-order valence-electron chi connectivity index (χ3n) is 4.53. The topological polar surface area (TPSA) is 50.2 Å². The summed E-state index contributed by atoms with van der Waals surface area (Å²) in [4.78, 5) is 14.7. The summed E-state index contributed by atoms with van der Waals surface area (Å²) in [6, 6.07) is 20.2. The number of para-hydroxylation sites is 1. The number of nitrogens with zero attached hydrogens (tertiary/aromatic N) is 3. The average Bonchev–Trinajstić information content (AvgIpc) is 3.39. The van der Waals surface area contributed by atoms with E-state index in [1.54, 1.807) is 4.68 Å². The molecule has 1 aliphatic rings. The summed E-state index contributed by atoms with van der Waals surface area (Å²) in [7, 11) is 0. The molecule has 0 unspecified atom stereocenters. The molecule has 132 valence electrons. The van der Waals surface area contributed by atoms with Crippen LogP contribution in [0, 0.1) is 6.92 Å². The summed E-state index contributed by atoms with van der Waals surface area (Å²) in [5.74, 6) is 0.564. The Hall–Kier alpha value is -3.08. The van der Waals surface area contributed by atoms with Gasteiger partial charge in [-0.1, -0.05) is 48.0 Å². The third kappa shape index (κ3) is 3.77. The fraction of sp³-hybridized carbons (Fsp3) is 0.238. The van der Waals surface area contributed by atoms with E-state index in [2.05, 4.69) is 35.5 Å². The van der Waals surface area contributed by atoms with E-state index in [4.69, 9.17) is 0 Å². The van der Waals surface area contributed by atoms with Crippen molar-refractivity contribution in [2.75, 3.05) is 5.32 Å². The molecule has 1 fully saturated rings. The first-order valence-electron chi connectivity index (χ1n) is 8.93. The predicted octanol–water partition coefficient (Wildman–Crippen LogP) is 4.38. The lowest BCUT2D eigenvalue weighted by Crippen LogP contribution is -2.36. The SMILES string of the molecule is Cc1cccc(CN(C(=O)Nc2ccn(-c3ccccc3)n2)C2CC2)c1. The van der Waals surface area contributed by atoms with Gasteiger partial charge >= 0.3 is 6.03 Å². The summed E-state index contributed by atoms with van der Waals surface area (Å²) < 4.78 is 1.76. The number of rotatable bonds is 5. The Morgan fingerprint density at radius 1 is 1.15 bits per heavy atom. The number of carbonyl (C=O) groups is 1. The molecule has 2 aromatic carbocycles. The lowest BCUT2D eigenvalue weighted by molar-refractivity contribution is 0.206. The van der Waals surface area contributed by atoms with Crippen LogP contribution < -0.4 is 5.32 Å². The van der Waals surface area contributed by atoms with E-state index in [0.29, 0.717) is 18.4 Å². The van der Waals surface area contributed by atoms with E-state index in [0.717, 1.165) is 24.1 Å². The number of aryl methyl sites for hydroxylation is 1. The Labute approximate surface area is 153 Å². The fourth-order valence-electron chi connectivity index (χ4n) is 3.06. The molecule has 1 N–H and O–H groups in total. The molecule has 0 radical (unpaired) electrons. The minimum Gasteiger partial charge on any atom is -0.317 e. The highest BCUT2D eigenvalue weighted by molar-refractivity contribution is 5.88. The van der Waals surface area contributed by atoms with Gasteiger partial charge < -0.3 is 4.90 Å². The van der Waals surface area contributed by atoms with E-state index >= 15 is 0 Å². The Morgan fingerprint density at radius 3 is 2.69 bits per heavy atom. The first-order valence-corrected chi connectivity index (χ1v) is 8.93. The number of hydrogen-bond acceptors (Lipinski definition) is 2. The van der Waals surface area contributed by atoms with Crippen LogP contribution in [-0.4, -0.2) is 26.8 Å².